The van der Waals surface area contributed by atoms with Gasteiger partial charge in [-0.1, -0.05) is 24.3 Å². The van der Waals surface area contributed by atoms with Gasteiger partial charge < -0.3 is 25.8 Å². The number of carbonyl (C=O) groups is 5. The largest absolute Gasteiger partial charge is 0.349 e. The molecular weight excluding hydrogens is 855 g/mol. The molecule has 4 saturated heterocycles. The Bertz CT molecular complexity index is 2580. The number of benzene rings is 3. The van der Waals surface area contributed by atoms with E-state index in [0.717, 1.165) is 98.8 Å². The average molecular weight is 916 g/mol. The molecule has 0 spiro atoms. The van der Waals surface area contributed by atoms with Crippen molar-refractivity contribution in [2.24, 2.45) is 11.8 Å². The molecule has 5 aromatic rings. The number of aromatic nitrogens is 2. The monoisotopic (exact) mass is 915 g/mol. The molecule has 14 heteroatoms. The molecular formula is C54H61N9O5. The molecule has 4 fully saturated rings. The van der Waals surface area contributed by atoms with Gasteiger partial charge in [-0.05, 0) is 155 Å². The third kappa shape index (κ3) is 11.5. The molecule has 3 aromatic carbocycles. The second kappa shape index (κ2) is 21.5. The number of fused-ring (bicyclic) bond motifs is 1. The van der Waals surface area contributed by atoms with Crippen LogP contribution in [0.1, 0.15) is 90.1 Å². The van der Waals surface area contributed by atoms with Crippen molar-refractivity contribution >= 4 is 46.0 Å². The number of pyridine rings is 1. The van der Waals surface area contributed by atoms with Gasteiger partial charge in [-0.2, -0.15) is 4.98 Å². The summed E-state index contributed by atoms with van der Waals surface area (Å²) >= 11 is 0. The fourth-order valence-corrected chi connectivity index (χ4v) is 10.4. The molecule has 0 saturated carbocycles. The smallest absolute Gasteiger partial charge is 0.252 e. The van der Waals surface area contributed by atoms with Gasteiger partial charge in [0, 0.05) is 117 Å². The van der Waals surface area contributed by atoms with Crippen molar-refractivity contribution in [2.45, 2.75) is 83.5 Å². The molecule has 14 nitrogen and oxygen atoms in total. The number of likely N-dealkylation sites (tertiary alicyclic amines) is 4. The van der Waals surface area contributed by atoms with Crippen molar-refractivity contribution in [3.05, 3.63) is 126 Å². The Morgan fingerprint density at radius 1 is 0.632 bits per heavy atom. The summed E-state index contributed by atoms with van der Waals surface area (Å²) in [5.74, 6) is 0.0237. The molecule has 9 rings (SSSR count). The van der Waals surface area contributed by atoms with E-state index in [0.29, 0.717) is 62.4 Å². The SMILES string of the molecule is CC(=O)Nc1ccc(C(=O)NC2CCN(C(=O)C3CCN(Cc4c#cnc(-c5cc(C(=O)NC6CCN(C(=O)C7CCN(Cc8ccncc8)CC7)CC6)c6ccccc6c5)c4)CC3)CC2)cc1. The van der Waals surface area contributed by atoms with Crippen molar-refractivity contribution in [2.75, 3.05) is 57.7 Å². The second-order valence-corrected chi connectivity index (χ2v) is 19.0. The van der Waals surface area contributed by atoms with Gasteiger partial charge in [-0.3, -0.25) is 38.8 Å². The molecule has 0 radical (unpaired) electrons. The first-order chi connectivity index (χ1) is 33.1. The van der Waals surface area contributed by atoms with Crippen LogP contribution in [-0.4, -0.2) is 124 Å². The van der Waals surface area contributed by atoms with Gasteiger partial charge in [-0.15, -0.1) is 0 Å². The molecule has 0 bridgehead atoms. The van der Waals surface area contributed by atoms with Crippen LogP contribution < -0.4 is 16.0 Å². The number of piperidine rings is 4. The zero-order chi connectivity index (χ0) is 47.0. The molecule has 6 heterocycles. The van der Waals surface area contributed by atoms with Gasteiger partial charge in [-0.25, -0.2) is 0 Å². The summed E-state index contributed by atoms with van der Waals surface area (Å²) in [6.07, 6.45) is 12.8. The number of carbonyl (C=O) groups excluding carboxylic acids is 5. The highest BCUT2D eigenvalue weighted by atomic mass is 16.2. The maximum Gasteiger partial charge on any atom is 0.252 e. The molecule has 0 atom stereocenters. The highest BCUT2D eigenvalue weighted by molar-refractivity contribution is 6.08. The standard InChI is InChI=1S/C54H61N9O5/c1-37(64)57-45-8-6-40(7-9-45)51(65)58-46-17-28-62(29-18-46)54(68)42-15-26-61(27-16-42)36-39-12-23-56-50(32-39)44-33-43-4-2-3-5-48(43)49(34-44)52(66)59-47-19-30-63(31-20-47)53(67)41-13-24-60(25-14-41)35-38-10-21-55-22-11-38/h2-11,21-22,32-34,41-42,46-47H,13-20,24-31,35-36H2,1H3,(H,57,64)(H,58,65)(H,59,66). The van der Waals surface area contributed by atoms with Crippen LogP contribution in [0.2, 0.25) is 0 Å². The van der Waals surface area contributed by atoms with Crippen molar-refractivity contribution in [3.8, 4) is 11.3 Å². The highest BCUT2D eigenvalue weighted by Crippen LogP contribution is 2.30. The molecule has 352 valence electrons. The third-order valence-corrected chi connectivity index (χ3v) is 14.3. The summed E-state index contributed by atoms with van der Waals surface area (Å²) in [5.41, 5.74) is 5.52. The fraction of sp³-hybridized carbons (Fsp3) is 0.426. The van der Waals surface area contributed by atoms with Crippen LogP contribution in [0.4, 0.5) is 5.69 Å². The van der Waals surface area contributed by atoms with Gasteiger partial charge in [0.2, 0.25) is 17.7 Å². The van der Waals surface area contributed by atoms with Crippen molar-refractivity contribution in [1.29, 1.82) is 0 Å². The minimum atomic E-state index is -0.164. The predicted octanol–water partition coefficient (Wildman–Crippen LogP) is 6.12. The minimum absolute atomic E-state index is 0.00315. The normalized spacial score (nSPS) is 18.2. The number of nitrogens with one attached hydrogen (secondary N) is 3. The predicted molar refractivity (Wildman–Crippen MR) is 260 cm³/mol. The lowest BCUT2D eigenvalue weighted by Crippen LogP contribution is -2.49. The molecule has 0 unspecified atom stereocenters. The van der Waals surface area contributed by atoms with E-state index < -0.39 is 0 Å². The lowest BCUT2D eigenvalue weighted by molar-refractivity contribution is -0.139. The summed E-state index contributed by atoms with van der Waals surface area (Å²) in [7, 11) is 0. The first-order valence-corrected chi connectivity index (χ1v) is 24.3. The van der Waals surface area contributed by atoms with Gasteiger partial charge in [0.25, 0.3) is 11.8 Å². The van der Waals surface area contributed by atoms with Crippen LogP contribution in [0.3, 0.4) is 0 Å². The highest BCUT2D eigenvalue weighted by Gasteiger charge is 2.33. The first-order valence-electron chi connectivity index (χ1n) is 24.3. The Morgan fingerprint density at radius 3 is 1.81 bits per heavy atom. The van der Waals surface area contributed by atoms with Gasteiger partial charge in [0.15, 0.2) is 0 Å². The summed E-state index contributed by atoms with van der Waals surface area (Å²) in [5, 5.41) is 11.0. The molecule has 68 heavy (non-hydrogen) atoms. The molecule has 5 amide bonds. The molecule has 4 aliphatic heterocycles. The fourth-order valence-electron chi connectivity index (χ4n) is 10.4. The van der Waals surface area contributed by atoms with E-state index in [1.54, 1.807) is 24.3 Å². The summed E-state index contributed by atoms with van der Waals surface area (Å²) < 4.78 is 0. The van der Waals surface area contributed by atoms with Crippen LogP contribution in [0.5, 0.6) is 0 Å². The zero-order valence-electron chi connectivity index (χ0n) is 38.9. The second-order valence-electron chi connectivity index (χ2n) is 19.0. The molecule has 0 aliphatic carbocycles. The summed E-state index contributed by atoms with van der Waals surface area (Å²) in [6.45, 7) is 8.89. The Kier molecular flexibility index (Phi) is 14.7. The number of anilines is 1. The summed E-state index contributed by atoms with van der Waals surface area (Å²) in [6, 6.07) is 28.1. The Morgan fingerprint density at radius 2 is 1.21 bits per heavy atom. The van der Waals surface area contributed by atoms with Gasteiger partial charge >= 0.3 is 0 Å². The van der Waals surface area contributed by atoms with Gasteiger partial charge in [0.05, 0.1) is 5.69 Å². The Labute approximate surface area is 398 Å². The number of nitrogens with zero attached hydrogens (tertiary/aromatic N) is 6. The zero-order valence-corrected chi connectivity index (χ0v) is 38.9. The lowest BCUT2D eigenvalue weighted by Gasteiger charge is -2.37. The molecule has 4 aliphatic rings. The maximum absolute atomic E-state index is 14.1. The first kappa shape index (κ1) is 46.4. The van der Waals surface area contributed by atoms with E-state index in [1.165, 1.54) is 12.5 Å². The van der Waals surface area contributed by atoms with E-state index in [1.807, 2.05) is 70.7 Å². The van der Waals surface area contributed by atoms with Crippen LogP contribution in [0.25, 0.3) is 22.0 Å². The Balaban J connectivity index is 0.739. The van der Waals surface area contributed by atoms with E-state index in [-0.39, 0.29) is 53.5 Å². The topological polar surface area (TPSA) is 160 Å². The number of rotatable bonds is 12. The molecule has 2 aromatic heterocycles. The van der Waals surface area contributed by atoms with E-state index in [4.69, 9.17) is 0 Å². The van der Waals surface area contributed by atoms with Crippen LogP contribution in [0.15, 0.2) is 91.3 Å². The lowest BCUT2D eigenvalue weighted by atomic mass is 9.93. The quantitative estimate of drug-likeness (QED) is 0.134. The van der Waals surface area contributed by atoms with E-state index >= 15 is 0 Å². The minimum Gasteiger partial charge on any atom is -0.349 e. The number of hydrogen-bond donors (Lipinski definition) is 3. The van der Waals surface area contributed by atoms with Gasteiger partial charge in [0.1, 0.15) is 0 Å². The van der Waals surface area contributed by atoms with E-state index in [9.17, 15) is 24.0 Å². The van der Waals surface area contributed by atoms with Crippen LogP contribution in [-0.2, 0) is 27.5 Å². The van der Waals surface area contributed by atoms with Crippen molar-refractivity contribution in [1.82, 2.24) is 40.2 Å². The van der Waals surface area contributed by atoms with Crippen molar-refractivity contribution in [3.63, 3.8) is 0 Å². The van der Waals surface area contributed by atoms with Crippen LogP contribution in [0, 0.1) is 24.1 Å². The maximum atomic E-state index is 14.1. The van der Waals surface area contributed by atoms with Crippen molar-refractivity contribution < 1.29 is 24.0 Å². The third-order valence-electron chi connectivity index (χ3n) is 14.3. The molecule has 3 N–H and O–H groups in total. The number of amides is 5. The van der Waals surface area contributed by atoms with Crippen LogP contribution >= 0.6 is 0 Å². The Hall–Kier alpha value is -6.69. The van der Waals surface area contributed by atoms with E-state index in [2.05, 4.69) is 54.0 Å². The average Bonchev–Trinajstić information content (AvgIpc) is 3.37. The summed E-state index contributed by atoms with van der Waals surface area (Å²) in [4.78, 5) is 82.9. The number of hydrogen-bond acceptors (Lipinski definition) is 9.